The molecular formula is C49H31NOS. The second kappa shape index (κ2) is 11.3. The van der Waals surface area contributed by atoms with Gasteiger partial charge in [-0.3, -0.25) is 0 Å². The molecule has 3 heteroatoms. The van der Waals surface area contributed by atoms with Crippen LogP contribution in [0.5, 0.6) is 0 Å². The van der Waals surface area contributed by atoms with Crippen LogP contribution >= 0.6 is 11.3 Å². The number of hydrogen-bond acceptors (Lipinski definition) is 3. The van der Waals surface area contributed by atoms with Crippen molar-refractivity contribution in [1.29, 1.82) is 0 Å². The first-order valence-electron chi connectivity index (χ1n) is 17.8. The fraction of sp³-hybridized carbons (Fsp3) is 0.0204. The lowest BCUT2D eigenvalue weighted by Crippen LogP contribution is -2.28. The maximum atomic E-state index is 7.37. The molecular weight excluding hydrogens is 651 g/mol. The van der Waals surface area contributed by atoms with E-state index in [-0.39, 0.29) is 0 Å². The second-order valence-electron chi connectivity index (χ2n) is 13.6. The monoisotopic (exact) mass is 681 g/mol. The minimum Gasteiger partial charge on any atom is -0.453 e. The molecule has 1 aliphatic rings. The standard InChI is InChI=1S/C49H31NOS/c1-3-16-32(17-4-1)49(39-25-10-7-20-34(39)35-21-8-11-26-40(35)49)41-27-13-23-36-37-24-14-29-43(48(37)51-47(36)41)50(33-18-5-2-6-19-33)42-28-15-31-45-46(42)38-22-9-12-30-44(38)52-45/h1-31H. The van der Waals surface area contributed by atoms with Crippen molar-refractivity contribution in [2.24, 2.45) is 0 Å². The molecule has 0 amide bonds. The SMILES string of the molecule is c1ccc(N(c2cccc3c2oc2c(C4(c5ccccc5)c5ccccc5-c5ccccc54)cccc23)c2cccc3sc4ccccc4c23)cc1. The molecule has 0 unspecified atom stereocenters. The minimum atomic E-state index is -0.567. The van der Waals surface area contributed by atoms with Gasteiger partial charge < -0.3 is 9.32 Å². The van der Waals surface area contributed by atoms with Crippen molar-refractivity contribution in [2.75, 3.05) is 4.90 Å². The smallest absolute Gasteiger partial charge is 0.159 e. The largest absolute Gasteiger partial charge is 0.453 e. The lowest BCUT2D eigenvalue weighted by Gasteiger charge is -2.33. The molecule has 8 aromatic carbocycles. The maximum Gasteiger partial charge on any atom is 0.159 e. The molecule has 0 radical (unpaired) electrons. The van der Waals surface area contributed by atoms with Gasteiger partial charge in [0.25, 0.3) is 0 Å². The molecule has 2 nitrogen and oxygen atoms in total. The summed E-state index contributed by atoms with van der Waals surface area (Å²) in [6, 6.07) is 68.2. The first-order valence-corrected chi connectivity index (χ1v) is 18.6. The highest BCUT2D eigenvalue weighted by molar-refractivity contribution is 7.26. The van der Waals surface area contributed by atoms with Crippen LogP contribution in [0.2, 0.25) is 0 Å². The van der Waals surface area contributed by atoms with E-state index in [1.54, 1.807) is 0 Å². The van der Waals surface area contributed by atoms with Crippen LogP contribution < -0.4 is 4.90 Å². The number of thiophene rings is 1. The summed E-state index contributed by atoms with van der Waals surface area (Å²) in [6.45, 7) is 0. The third kappa shape index (κ3) is 4.00. The molecule has 0 bridgehead atoms. The molecule has 2 aromatic heterocycles. The van der Waals surface area contributed by atoms with Gasteiger partial charge in [-0.1, -0.05) is 152 Å². The number of anilines is 3. The van der Waals surface area contributed by atoms with Crippen molar-refractivity contribution < 1.29 is 4.42 Å². The Morgan fingerprint density at radius 2 is 0.942 bits per heavy atom. The van der Waals surface area contributed by atoms with Crippen LogP contribution in [0, 0.1) is 0 Å². The molecule has 0 saturated carbocycles. The number of benzene rings is 8. The van der Waals surface area contributed by atoms with E-state index in [4.69, 9.17) is 4.42 Å². The molecule has 0 saturated heterocycles. The van der Waals surface area contributed by atoms with Gasteiger partial charge in [-0.15, -0.1) is 11.3 Å². The molecule has 0 spiro atoms. The summed E-state index contributed by atoms with van der Waals surface area (Å²) in [4.78, 5) is 2.39. The van der Waals surface area contributed by atoms with Gasteiger partial charge in [-0.05, 0) is 64.2 Å². The fourth-order valence-electron chi connectivity index (χ4n) is 8.88. The molecule has 244 valence electrons. The summed E-state index contributed by atoms with van der Waals surface area (Å²) in [5, 5.41) is 4.73. The normalized spacial score (nSPS) is 13.2. The topological polar surface area (TPSA) is 16.4 Å². The van der Waals surface area contributed by atoms with Crippen molar-refractivity contribution in [3.05, 3.63) is 210 Å². The van der Waals surface area contributed by atoms with Crippen LogP contribution in [-0.2, 0) is 5.41 Å². The molecule has 0 atom stereocenters. The Kier molecular flexibility index (Phi) is 6.37. The van der Waals surface area contributed by atoms with Gasteiger partial charge in [-0.25, -0.2) is 0 Å². The summed E-state index contributed by atoms with van der Waals surface area (Å²) in [7, 11) is 0. The fourth-order valence-corrected chi connectivity index (χ4v) is 10.0. The Hall–Kier alpha value is -6.42. The number of nitrogens with zero attached hydrogens (tertiary/aromatic N) is 1. The average molecular weight is 682 g/mol. The third-order valence-electron chi connectivity index (χ3n) is 10.9. The van der Waals surface area contributed by atoms with E-state index in [9.17, 15) is 0 Å². The highest BCUT2D eigenvalue weighted by Gasteiger charge is 2.47. The molecule has 0 N–H and O–H groups in total. The van der Waals surface area contributed by atoms with Crippen LogP contribution in [0.1, 0.15) is 22.3 Å². The molecule has 10 aromatic rings. The van der Waals surface area contributed by atoms with Gasteiger partial charge in [-0.2, -0.15) is 0 Å². The summed E-state index contributed by atoms with van der Waals surface area (Å²) >= 11 is 1.84. The third-order valence-corrected chi connectivity index (χ3v) is 12.1. The molecule has 11 rings (SSSR count). The predicted octanol–water partition coefficient (Wildman–Crippen LogP) is 13.8. The van der Waals surface area contributed by atoms with Gasteiger partial charge in [0.2, 0.25) is 0 Å². The number of para-hydroxylation sites is 3. The van der Waals surface area contributed by atoms with E-state index in [0.717, 1.165) is 44.6 Å². The van der Waals surface area contributed by atoms with Crippen LogP contribution in [-0.4, -0.2) is 0 Å². The highest BCUT2D eigenvalue weighted by atomic mass is 32.1. The van der Waals surface area contributed by atoms with Gasteiger partial charge >= 0.3 is 0 Å². The Morgan fingerprint density at radius 3 is 1.71 bits per heavy atom. The Balaban J connectivity index is 1.24. The lowest BCUT2D eigenvalue weighted by molar-refractivity contribution is 0.648. The van der Waals surface area contributed by atoms with E-state index >= 15 is 0 Å². The van der Waals surface area contributed by atoms with Crippen molar-refractivity contribution in [2.45, 2.75) is 5.41 Å². The zero-order valence-corrected chi connectivity index (χ0v) is 29.0. The van der Waals surface area contributed by atoms with Crippen LogP contribution in [0.4, 0.5) is 17.1 Å². The second-order valence-corrected chi connectivity index (χ2v) is 14.6. The van der Waals surface area contributed by atoms with Gasteiger partial charge in [0, 0.05) is 42.2 Å². The van der Waals surface area contributed by atoms with E-state index in [1.807, 2.05) is 11.3 Å². The first-order chi connectivity index (χ1) is 25.8. The Bertz CT molecular complexity index is 2930. The predicted molar refractivity (Wildman–Crippen MR) is 219 cm³/mol. The van der Waals surface area contributed by atoms with E-state index in [1.165, 1.54) is 48.0 Å². The van der Waals surface area contributed by atoms with Gasteiger partial charge in [0.05, 0.1) is 16.8 Å². The number of hydrogen-bond donors (Lipinski definition) is 0. The van der Waals surface area contributed by atoms with Crippen LogP contribution in [0.3, 0.4) is 0 Å². The number of furan rings is 1. The summed E-state index contributed by atoms with van der Waals surface area (Å²) in [5.74, 6) is 0. The van der Waals surface area contributed by atoms with E-state index in [2.05, 4.69) is 193 Å². The summed E-state index contributed by atoms with van der Waals surface area (Å²) in [5.41, 5.74) is 11.9. The molecule has 0 fully saturated rings. The first kappa shape index (κ1) is 29.3. The van der Waals surface area contributed by atoms with Crippen molar-refractivity contribution in [3.8, 4) is 11.1 Å². The number of rotatable bonds is 5. The van der Waals surface area contributed by atoms with Crippen LogP contribution in [0.15, 0.2) is 192 Å². The van der Waals surface area contributed by atoms with E-state index in [0.29, 0.717) is 0 Å². The van der Waals surface area contributed by atoms with Crippen molar-refractivity contribution >= 4 is 70.5 Å². The summed E-state index contributed by atoms with van der Waals surface area (Å²) in [6.07, 6.45) is 0. The molecule has 2 heterocycles. The lowest BCUT2D eigenvalue weighted by atomic mass is 9.67. The zero-order chi connectivity index (χ0) is 34.2. The maximum absolute atomic E-state index is 7.37. The quantitative estimate of drug-likeness (QED) is 0.180. The zero-order valence-electron chi connectivity index (χ0n) is 28.2. The van der Waals surface area contributed by atoms with Crippen molar-refractivity contribution in [3.63, 3.8) is 0 Å². The average Bonchev–Trinajstić information content (AvgIpc) is 3.88. The van der Waals surface area contributed by atoms with Crippen LogP contribution in [0.25, 0.3) is 53.2 Å². The van der Waals surface area contributed by atoms with E-state index < -0.39 is 5.41 Å². The molecule has 0 aliphatic heterocycles. The molecule has 52 heavy (non-hydrogen) atoms. The minimum absolute atomic E-state index is 0.567. The highest BCUT2D eigenvalue weighted by Crippen LogP contribution is 2.58. The van der Waals surface area contributed by atoms with Crippen molar-refractivity contribution in [1.82, 2.24) is 0 Å². The molecule has 1 aliphatic carbocycles. The number of fused-ring (bicyclic) bond motifs is 9. The van der Waals surface area contributed by atoms with Gasteiger partial charge in [0.1, 0.15) is 5.58 Å². The van der Waals surface area contributed by atoms with Gasteiger partial charge in [0.15, 0.2) is 5.58 Å². The Morgan fingerprint density at radius 1 is 0.404 bits per heavy atom. The Labute approximate surface area is 305 Å². The summed E-state index contributed by atoms with van der Waals surface area (Å²) < 4.78 is 9.92.